The number of alkyl halides is 2. The van der Waals surface area contributed by atoms with Crippen LogP contribution in [0.15, 0.2) is 12.2 Å². The normalized spacial score (nSPS) is 28.5. The lowest BCUT2D eigenvalue weighted by atomic mass is 9.84. The predicted molar refractivity (Wildman–Crippen MR) is 112 cm³/mol. The first-order chi connectivity index (χ1) is 14.8. The second kappa shape index (κ2) is 12.2. The highest BCUT2D eigenvalue weighted by Gasteiger charge is 2.58. The fourth-order valence-corrected chi connectivity index (χ4v) is 4.68. The quantitative estimate of drug-likeness (QED) is 0.252. The van der Waals surface area contributed by atoms with E-state index in [1.54, 1.807) is 0 Å². The van der Waals surface area contributed by atoms with Gasteiger partial charge in [0.15, 0.2) is 0 Å². The van der Waals surface area contributed by atoms with Gasteiger partial charge in [-0.3, -0.25) is 4.79 Å². The molecule has 1 saturated heterocycles. The molecule has 8 heteroatoms. The first-order valence-corrected chi connectivity index (χ1v) is 11.5. The van der Waals surface area contributed by atoms with Gasteiger partial charge in [0, 0.05) is 19.3 Å². The van der Waals surface area contributed by atoms with Crippen LogP contribution in [0.25, 0.3) is 0 Å². The Balaban J connectivity index is 1.93. The Morgan fingerprint density at radius 1 is 1.16 bits per heavy atom. The van der Waals surface area contributed by atoms with Crippen molar-refractivity contribution in [2.75, 3.05) is 20.3 Å². The molecule has 2 fully saturated rings. The number of allylic oxidation sites excluding steroid dienone is 2. The Kier molecular flexibility index (Phi) is 10.3. The molecule has 0 amide bonds. The van der Waals surface area contributed by atoms with Gasteiger partial charge in [0.2, 0.25) is 5.79 Å². The van der Waals surface area contributed by atoms with Crippen LogP contribution in [-0.2, 0) is 19.0 Å². The average molecular weight is 449 g/mol. The van der Waals surface area contributed by atoms with Crippen LogP contribution in [0.1, 0.15) is 71.1 Å². The summed E-state index contributed by atoms with van der Waals surface area (Å²) in [4.78, 5) is 11.1. The van der Waals surface area contributed by atoms with Crippen molar-refractivity contribution >= 4 is 5.97 Å². The summed E-state index contributed by atoms with van der Waals surface area (Å²) in [5.41, 5.74) is 0. The van der Waals surface area contributed by atoms with Crippen LogP contribution in [0.3, 0.4) is 0 Å². The minimum absolute atomic E-state index is 0.0164. The molecular formula is C23H38F2O6. The maximum atomic E-state index is 14.9. The molecule has 0 aromatic heterocycles. The average Bonchev–Trinajstić information content (AvgIpc) is 3.33. The zero-order chi connectivity index (χ0) is 22.9. The van der Waals surface area contributed by atoms with Gasteiger partial charge in [0.1, 0.15) is 0 Å². The number of aliphatic hydroxyl groups is 2. The van der Waals surface area contributed by atoms with Gasteiger partial charge in [-0.05, 0) is 50.4 Å². The smallest absolute Gasteiger partial charge is 0.305 e. The molecule has 180 valence electrons. The van der Waals surface area contributed by atoms with Crippen molar-refractivity contribution in [1.82, 2.24) is 0 Å². The number of halogens is 2. The lowest BCUT2D eigenvalue weighted by molar-refractivity contribution is -0.297. The first kappa shape index (κ1) is 26.2. The van der Waals surface area contributed by atoms with E-state index in [1.165, 1.54) is 7.11 Å². The maximum Gasteiger partial charge on any atom is 0.305 e. The molecule has 1 unspecified atom stereocenters. The second-order valence-corrected chi connectivity index (χ2v) is 8.67. The summed E-state index contributed by atoms with van der Waals surface area (Å²) in [6.45, 7) is 2.13. The van der Waals surface area contributed by atoms with Crippen LogP contribution in [0.4, 0.5) is 8.78 Å². The Morgan fingerprint density at radius 3 is 2.48 bits per heavy atom. The van der Waals surface area contributed by atoms with Crippen molar-refractivity contribution in [1.29, 1.82) is 0 Å². The van der Waals surface area contributed by atoms with Gasteiger partial charge in [-0.1, -0.05) is 25.5 Å². The van der Waals surface area contributed by atoms with E-state index in [-0.39, 0.29) is 50.3 Å². The number of aliphatic hydroxyl groups excluding tert-OH is 2. The maximum absolute atomic E-state index is 14.9. The summed E-state index contributed by atoms with van der Waals surface area (Å²) >= 11 is 0. The van der Waals surface area contributed by atoms with Gasteiger partial charge in [0.05, 0.1) is 32.5 Å². The topological polar surface area (TPSA) is 85.2 Å². The molecule has 0 radical (unpaired) electrons. The summed E-state index contributed by atoms with van der Waals surface area (Å²) in [6, 6.07) is 0. The molecule has 0 aromatic carbocycles. The predicted octanol–water partition coefficient (Wildman–Crippen LogP) is 3.98. The van der Waals surface area contributed by atoms with Crippen LogP contribution >= 0.6 is 0 Å². The number of unbranched alkanes of at least 4 members (excludes halogenated alkanes) is 2. The number of methoxy groups -OCH3 is 1. The second-order valence-electron chi connectivity index (χ2n) is 8.67. The lowest BCUT2D eigenvalue weighted by Crippen LogP contribution is -2.49. The lowest BCUT2D eigenvalue weighted by Gasteiger charge is -2.36. The minimum atomic E-state index is -3.10. The highest BCUT2D eigenvalue weighted by atomic mass is 19.3. The number of hydrogen-bond donors (Lipinski definition) is 2. The van der Waals surface area contributed by atoms with E-state index in [9.17, 15) is 23.8 Å². The number of rotatable bonds is 13. The molecule has 1 saturated carbocycles. The molecule has 2 rings (SSSR count). The molecule has 0 aromatic rings. The molecule has 0 spiro atoms. The highest BCUT2D eigenvalue weighted by molar-refractivity contribution is 5.69. The zero-order valence-electron chi connectivity index (χ0n) is 18.7. The molecular weight excluding hydrogens is 410 g/mol. The first-order valence-electron chi connectivity index (χ1n) is 11.5. The molecule has 1 heterocycles. The van der Waals surface area contributed by atoms with Gasteiger partial charge >= 0.3 is 11.9 Å². The minimum Gasteiger partial charge on any atom is -0.469 e. The van der Waals surface area contributed by atoms with Gasteiger partial charge in [0.25, 0.3) is 0 Å². The van der Waals surface area contributed by atoms with Crippen molar-refractivity contribution in [3.63, 3.8) is 0 Å². The highest BCUT2D eigenvalue weighted by Crippen LogP contribution is 2.46. The van der Waals surface area contributed by atoms with E-state index >= 15 is 0 Å². The Labute approximate surface area is 183 Å². The van der Waals surface area contributed by atoms with Crippen molar-refractivity contribution in [2.24, 2.45) is 11.8 Å². The van der Waals surface area contributed by atoms with E-state index in [0.29, 0.717) is 44.9 Å². The number of carbonyl (C=O) groups is 1. The molecule has 31 heavy (non-hydrogen) atoms. The van der Waals surface area contributed by atoms with Crippen molar-refractivity contribution in [3.8, 4) is 0 Å². The van der Waals surface area contributed by atoms with E-state index in [0.717, 1.165) is 0 Å². The SMILES string of the molecule is CCCCC(F)(F)C1(CC[C@@H]2C(C/C=C\CCCC(=O)OC)[C@@H](O)C[C@H]2O)OCCO1. The Bertz CT molecular complexity index is 576. The van der Waals surface area contributed by atoms with Crippen LogP contribution in [0.5, 0.6) is 0 Å². The third-order valence-electron chi connectivity index (χ3n) is 6.54. The standard InChI is InChI=1S/C23H38F2O6/c1-3-4-12-22(24,25)23(30-14-15-31-23)13-11-18-17(19(26)16-20(18)27)9-7-5-6-8-10-21(28)29-2/h5,7,17-20,26-27H,3-4,6,8-16H2,1-2H3/b7-5-/t17?,18-,19+,20-/m1/s1. The van der Waals surface area contributed by atoms with E-state index < -0.39 is 23.9 Å². The fourth-order valence-electron chi connectivity index (χ4n) is 4.68. The van der Waals surface area contributed by atoms with Crippen LogP contribution < -0.4 is 0 Å². The summed E-state index contributed by atoms with van der Waals surface area (Å²) < 4.78 is 45.3. The third kappa shape index (κ3) is 6.94. The van der Waals surface area contributed by atoms with E-state index in [2.05, 4.69) is 4.74 Å². The number of esters is 1. The fraction of sp³-hybridized carbons (Fsp3) is 0.870. The van der Waals surface area contributed by atoms with E-state index in [4.69, 9.17) is 9.47 Å². The number of hydrogen-bond acceptors (Lipinski definition) is 6. The van der Waals surface area contributed by atoms with Crippen LogP contribution in [0, 0.1) is 11.8 Å². The van der Waals surface area contributed by atoms with Gasteiger partial charge in [-0.2, -0.15) is 0 Å². The number of carbonyl (C=O) groups excluding carboxylic acids is 1. The molecule has 6 nitrogen and oxygen atoms in total. The number of ether oxygens (including phenoxy) is 3. The summed E-state index contributed by atoms with van der Waals surface area (Å²) in [5.74, 6) is -5.81. The van der Waals surface area contributed by atoms with Gasteiger partial charge in [-0.25, -0.2) is 8.78 Å². The monoisotopic (exact) mass is 448 g/mol. The van der Waals surface area contributed by atoms with Crippen LogP contribution in [-0.4, -0.2) is 60.4 Å². The molecule has 2 aliphatic rings. The van der Waals surface area contributed by atoms with E-state index in [1.807, 2.05) is 19.1 Å². The summed E-state index contributed by atoms with van der Waals surface area (Å²) in [6.07, 6.45) is 6.00. The third-order valence-corrected chi connectivity index (χ3v) is 6.54. The summed E-state index contributed by atoms with van der Waals surface area (Å²) in [7, 11) is 1.36. The molecule has 4 atom stereocenters. The van der Waals surface area contributed by atoms with Gasteiger partial charge in [-0.15, -0.1) is 0 Å². The van der Waals surface area contributed by atoms with Crippen LogP contribution in [0.2, 0.25) is 0 Å². The van der Waals surface area contributed by atoms with Gasteiger partial charge < -0.3 is 24.4 Å². The van der Waals surface area contributed by atoms with Crippen molar-refractivity contribution < 1.29 is 38.0 Å². The van der Waals surface area contributed by atoms with Crippen molar-refractivity contribution in [3.05, 3.63) is 12.2 Å². The molecule has 2 N–H and O–H groups in total. The Hall–Kier alpha value is -1.09. The molecule has 0 bridgehead atoms. The Morgan fingerprint density at radius 2 is 1.84 bits per heavy atom. The zero-order valence-corrected chi connectivity index (χ0v) is 18.7. The van der Waals surface area contributed by atoms with Crippen molar-refractivity contribution in [2.45, 2.75) is 95.0 Å². The molecule has 1 aliphatic carbocycles. The largest absolute Gasteiger partial charge is 0.469 e. The summed E-state index contributed by atoms with van der Waals surface area (Å²) in [5, 5.41) is 20.9. The molecule has 1 aliphatic heterocycles.